The van der Waals surface area contributed by atoms with E-state index < -0.39 is 0 Å². The molecule has 1 aliphatic heterocycles. The topological polar surface area (TPSA) is 88.5 Å². The number of aromatic nitrogens is 2. The molecule has 4 rings (SSSR count). The fraction of sp³-hybridized carbons (Fsp3) is 0.346. The molecule has 2 atom stereocenters. The van der Waals surface area contributed by atoms with Gasteiger partial charge in [0.1, 0.15) is 0 Å². The number of aryl methyl sites for hydroxylation is 1. The molecule has 8 heteroatoms. The number of carbonyl (C=O) groups is 2. The van der Waals surface area contributed by atoms with Crippen molar-refractivity contribution in [2.45, 2.75) is 45.6 Å². The molecule has 3 aromatic rings. The largest absolute Gasteiger partial charge is 0.373 e. The van der Waals surface area contributed by atoms with E-state index in [1.165, 1.54) is 0 Å². The predicted octanol–water partition coefficient (Wildman–Crippen LogP) is 3.77. The standard InChI is InChI=1S/C26H31N5O3/c1-19-15-31(16-20(2)34-19)17-22-6-3-4-9-24(22)29-26(33)21-7-5-8-23(14-21)28-25(32)10-12-30-13-11-27-18-30/h3-9,11,13-14,18-20H,10,12,15-17H2,1-2H3,(H,28,32)(H,29,33). The molecule has 1 saturated heterocycles. The van der Waals surface area contributed by atoms with Crippen LogP contribution in [0.4, 0.5) is 11.4 Å². The number of hydrogen-bond donors (Lipinski definition) is 2. The van der Waals surface area contributed by atoms with E-state index in [1.54, 1.807) is 36.8 Å². The Morgan fingerprint density at radius 2 is 1.85 bits per heavy atom. The molecule has 2 aromatic carbocycles. The lowest BCUT2D eigenvalue weighted by Crippen LogP contribution is -2.44. The first kappa shape index (κ1) is 23.7. The number of carbonyl (C=O) groups excluding carboxylic acids is 2. The fourth-order valence-corrected chi connectivity index (χ4v) is 4.24. The van der Waals surface area contributed by atoms with Crippen LogP contribution >= 0.6 is 0 Å². The summed E-state index contributed by atoms with van der Waals surface area (Å²) < 4.78 is 7.68. The minimum absolute atomic E-state index is 0.120. The molecule has 1 aromatic heterocycles. The van der Waals surface area contributed by atoms with E-state index in [-0.39, 0.29) is 24.0 Å². The summed E-state index contributed by atoms with van der Waals surface area (Å²) in [6, 6.07) is 14.8. The molecular formula is C26H31N5O3. The molecule has 34 heavy (non-hydrogen) atoms. The normalized spacial score (nSPS) is 18.4. The molecule has 0 radical (unpaired) electrons. The summed E-state index contributed by atoms with van der Waals surface area (Å²) in [6.45, 7) is 7.16. The lowest BCUT2D eigenvalue weighted by molar-refractivity contribution is -0.116. The monoisotopic (exact) mass is 461 g/mol. The number of para-hydroxylation sites is 1. The lowest BCUT2D eigenvalue weighted by atomic mass is 10.1. The minimum Gasteiger partial charge on any atom is -0.373 e. The molecule has 0 spiro atoms. The number of nitrogens with zero attached hydrogens (tertiary/aromatic N) is 3. The third-order valence-electron chi connectivity index (χ3n) is 5.72. The van der Waals surface area contributed by atoms with Gasteiger partial charge in [-0.1, -0.05) is 24.3 Å². The summed E-state index contributed by atoms with van der Waals surface area (Å²) in [5.41, 5.74) is 2.92. The van der Waals surface area contributed by atoms with Gasteiger partial charge in [0.05, 0.1) is 18.5 Å². The van der Waals surface area contributed by atoms with Crippen LogP contribution in [0.25, 0.3) is 0 Å². The van der Waals surface area contributed by atoms with E-state index >= 15 is 0 Å². The van der Waals surface area contributed by atoms with Crippen molar-refractivity contribution in [2.24, 2.45) is 0 Å². The maximum Gasteiger partial charge on any atom is 0.255 e. The number of benzene rings is 2. The number of nitrogens with one attached hydrogen (secondary N) is 2. The molecule has 2 unspecified atom stereocenters. The van der Waals surface area contributed by atoms with Crippen molar-refractivity contribution in [3.8, 4) is 0 Å². The highest BCUT2D eigenvalue weighted by Crippen LogP contribution is 2.21. The summed E-state index contributed by atoms with van der Waals surface area (Å²) in [6.07, 6.45) is 5.86. The third kappa shape index (κ3) is 6.52. The molecule has 0 bridgehead atoms. The smallest absolute Gasteiger partial charge is 0.255 e. The van der Waals surface area contributed by atoms with Crippen LogP contribution in [0, 0.1) is 0 Å². The Balaban J connectivity index is 1.38. The van der Waals surface area contributed by atoms with Crippen LogP contribution in [0.1, 0.15) is 36.2 Å². The highest BCUT2D eigenvalue weighted by molar-refractivity contribution is 6.05. The summed E-state index contributed by atoms with van der Waals surface area (Å²) in [5, 5.41) is 5.91. The van der Waals surface area contributed by atoms with Crippen LogP contribution in [0.5, 0.6) is 0 Å². The highest BCUT2D eigenvalue weighted by atomic mass is 16.5. The summed E-state index contributed by atoms with van der Waals surface area (Å²) in [5.74, 6) is -0.337. The number of amides is 2. The molecule has 1 fully saturated rings. The van der Waals surface area contributed by atoms with Gasteiger partial charge in [-0.2, -0.15) is 0 Å². The number of rotatable bonds is 8. The average Bonchev–Trinajstić information content (AvgIpc) is 3.32. The number of morpholine rings is 1. The number of anilines is 2. The van der Waals surface area contributed by atoms with Crippen molar-refractivity contribution in [2.75, 3.05) is 23.7 Å². The van der Waals surface area contributed by atoms with Crippen LogP contribution in [-0.2, 0) is 22.6 Å². The average molecular weight is 462 g/mol. The van der Waals surface area contributed by atoms with Gasteiger partial charge in [0.2, 0.25) is 5.91 Å². The second-order valence-corrected chi connectivity index (χ2v) is 8.74. The third-order valence-corrected chi connectivity index (χ3v) is 5.72. The van der Waals surface area contributed by atoms with Crippen LogP contribution in [0.3, 0.4) is 0 Å². The van der Waals surface area contributed by atoms with Crippen LogP contribution in [0.15, 0.2) is 67.3 Å². The Labute approximate surface area is 199 Å². The molecule has 0 saturated carbocycles. The zero-order chi connectivity index (χ0) is 23.9. The van der Waals surface area contributed by atoms with E-state index in [2.05, 4.69) is 34.4 Å². The second-order valence-electron chi connectivity index (χ2n) is 8.74. The highest BCUT2D eigenvalue weighted by Gasteiger charge is 2.23. The van der Waals surface area contributed by atoms with E-state index in [4.69, 9.17) is 4.74 Å². The van der Waals surface area contributed by atoms with Gasteiger partial charge in [-0.25, -0.2) is 4.98 Å². The fourth-order valence-electron chi connectivity index (χ4n) is 4.24. The minimum atomic E-state index is -0.217. The quantitative estimate of drug-likeness (QED) is 0.533. The first-order chi connectivity index (χ1) is 16.5. The van der Waals surface area contributed by atoms with E-state index in [9.17, 15) is 9.59 Å². The first-order valence-electron chi connectivity index (χ1n) is 11.6. The molecule has 1 aliphatic rings. The molecular weight excluding hydrogens is 430 g/mol. The van der Waals surface area contributed by atoms with Crippen molar-refractivity contribution < 1.29 is 14.3 Å². The van der Waals surface area contributed by atoms with Crippen LogP contribution < -0.4 is 10.6 Å². The molecule has 8 nitrogen and oxygen atoms in total. The van der Waals surface area contributed by atoms with Crippen molar-refractivity contribution in [1.82, 2.24) is 14.5 Å². The van der Waals surface area contributed by atoms with Gasteiger partial charge in [-0.05, 0) is 43.7 Å². The van der Waals surface area contributed by atoms with Gasteiger partial charge < -0.3 is 19.9 Å². The summed E-state index contributed by atoms with van der Waals surface area (Å²) in [7, 11) is 0. The molecule has 2 N–H and O–H groups in total. The number of ether oxygens (including phenoxy) is 1. The van der Waals surface area contributed by atoms with Crippen molar-refractivity contribution in [3.63, 3.8) is 0 Å². The van der Waals surface area contributed by atoms with Crippen molar-refractivity contribution in [1.29, 1.82) is 0 Å². The Bertz CT molecular complexity index is 1110. The molecule has 178 valence electrons. The SMILES string of the molecule is CC1CN(Cc2ccccc2NC(=O)c2cccc(NC(=O)CCn3ccnc3)c2)CC(C)O1. The lowest BCUT2D eigenvalue weighted by Gasteiger charge is -2.35. The Morgan fingerprint density at radius 3 is 2.62 bits per heavy atom. The molecule has 0 aliphatic carbocycles. The van der Waals surface area contributed by atoms with Gasteiger partial charge in [0.15, 0.2) is 0 Å². The van der Waals surface area contributed by atoms with E-state index in [0.717, 1.165) is 30.9 Å². The zero-order valence-electron chi connectivity index (χ0n) is 19.6. The van der Waals surface area contributed by atoms with Gasteiger partial charge in [-0.3, -0.25) is 14.5 Å². The Morgan fingerprint density at radius 1 is 1.06 bits per heavy atom. The van der Waals surface area contributed by atoms with Gasteiger partial charge in [-0.15, -0.1) is 0 Å². The second kappa shape index (κ2) is 11.1. The number of hydrogen-bond acceptors (Lipinski definition) is 5. The molecule has 2 heterocycles. The predicted molar refractivity (Wildman–Crippen MR) is 132 cm³/mol. The number of imidazole rings is 1. The van der Waals surface area contributed by atoms with Crippen molar-refractivity contribution >= 4 is 23.2 Å². The van der Waals surface area contributed by atoms with Crippen LogP contribution in [-0.4, -0.2) is 51.6 Å². The van der Waals surface area contributed by atoms with Gasteiger partial charge in [0.25, 0.3) is 5.91 Å². The first-order valence-corrected chi connectivity index (χ1v) is 11.6. The maximum atomic E-state index is 13.0. The Hall–Kier alpha value is -3.49. The molecule has 2 amide bonds. The Kier molecular flexibility index (Phi) is 7.72. The maximum absolute atomic E-state index is 13.0. The van der Waals surface area contributed by atoms with Crippen molar-refractivity contribution in [3.05, 3.63) is 78.4 Å². The van der Waals surface area contributed by atoms with Gasteiger partial charge >= 0.3 is 0 Å². The summed E-state index contributed by atoms with van der Waals surface area (Å²) >= 11 is 0. The zero-order valence-corrected chi connectivity index (χ0v) is 19.6. The van der Waals surface area contributed by atoms with E-state index in [1.807, 2.05) is 35.0 Å². The van der Waals surface area contributed by atoms with Gasteiger partial charge in [0, 0.05) is 61.9 Å². The van der Waals surface area contributed by atoms with E-state index in [0.29, 0.717) is 24.2 Å². The van der Waals surface area contributed by atoms with Crippen LogP contribution in [0.2, 0.25) is 0 Å². The summed E-state index contributed by atoms with van der Waals surface area (Å²) in [4.78, 5) is 31.6.